The van der Waals surface area contributed by atoms with Crippen molar-refractivity contribution in [1.82, 2.24) is 0 Å². The zero-order valence-corrected chi connectivity index (χ0v) is 7.24. The van der Waals surface area contributed by atoms with Crippen LogP contribution in [-0.4, -0.2) is 0 Å². The Morgan fingerprint density at radius 2 is 2.40 bits per heavy atom. The molecule has 10 heavy (non-hydrogen) atoms. The largest absolute Gasteiger partial charge is 0.144 e. The third kappa shape index (κ3) is 1.71. The topological polar surface area (TPSA) is 0 Å². The second kappa shape index (κ2) is 3.57. The van der Waals surface area contributed by atoms with Crippen LogP contribution < -0.4 is 0 Å². The monoisotopic (exact) mass is 152 g/mol. The molecular weight excluding hydrogens is 140 g/mol. The van der Waals surface area contributed by atoms with E-state index >= 15 is 0 Å². The molecule has 0 atom stereocenters. The standard InChI is InChI=1S/C9H12S/c1-3-4-5-9-8(2)6-7-10-9/h4-7H,3H2,1-2H3/b5-4+. The van der Waals surface area contributed by atoms with E-state index in [-0.39, 0.29) is 0 Å². The van der Waals surface area contributed by atoms with Crippen molar-refractivity contribution in [2.24, 2.45) is 0 Å². The Bertz CT molecular complexity index is 220. The number of thiophene rings is 1. The molecule has 1 heterocycles. The zero-order chi connectivity index (χ0) is 7.40. The van der Waals surface area contributed by atoms with E-state index in [1.165, 1.54) is 10.4 Å². The van der Waals surface area contributed by atoms with Crippen molar-refractivity contribution in [1.29, 1.82) is 0 Å². The molecule has 0 saturated heterocycles. The average Bonchev–Trinajstić information content (AvgIpc) is 2.31. The molecule has 0 unspecified atom stereocenters. The van der Waals surface area contributed by atoms with Gasteiger partial charge in [0, 0.05) is 4.88 Å². The maximum atomic E-state index is 2.19. The zero-order valence-electron chi connectivity index (χ0n) is 6.42. The molecule has 0 amide bonds. The summed E-state index contributed by atoms with van der Waals surface area (Å²) in [5.41, 5.74) is 1.38. The summed E-state index contributed by atoms with van der Waals surface area (Å²) >= 11 is 1.80. The van der Waals surface area contributed by atoms with Crippen LogP contribution in [0.1, 0.15) is 23.8 Å². The Morgan fingerprint density at radius 3 is 2.90 bits per heavy atom. The molecular formula is C9H12S. The van der Waals surface area contributed by atoms with Crippen LogP contribution in [0.5, 0.6) is 0 Å². The normalized spacial score (nSPS) is 11.0. The van der Waals surface area contributed by atoms with Gasteiger partial charge in [-0.15, -0.1) is 11.3 Å². The number of hydrogen-bond acceptors (Lipinski definition) is 1. The summed E-state index contributed by atoms with van der Waals surface area (Å²) < 4.78 is 0. The predicted octanol–water partition coefficient (Wildman–Crippen LogP) is 3.48. The van der Waals surface area contributed by atoms with Crippen molar-refractivity contribution in [3.63, 3.8) is 0 Å². The summed E-state index contributed by atoms with van der Waals surface area (Å²) in [6.45, 7) is 4.30. The second-order valence-corrected chi connectivity index (χ2v) is 3.23. The highest BCUT2D eigenvalue weighted by Crippen LogP contribution is 2.16. The van der Waals surface area contributed by atoms with Gasteiger partial charge in [0.2, 0.25) is 0 Å². The molecule has 1 rings (SSSR count). The first-order valence-electron chi connectivity index (χ1n) is 3.55. The molecule has 0 aliphatic rings. The van der Waals surface area contributed by atoms with Crippen LogP contribution >= 0.6 is 11.3 Å². The van der Waals surface area contributed by atoms with Gasteiger partial charge in [0.05, 0.1) is 0 Å². The molecule has 0 bridgehead atoms. The first-order valence-corrected chi connectivity index (χ1v) is 4.43. The summed E-state index contributed by atoms with van der Waals surface area (Å²) in [5, 5.41) is 2.13. The number of rotatable bonds is 2. The van der Waals surface area contributed by atoms with Gasteiger partial charge in [-0.3, -0.25) is 0 Å². The summed E-state index contributed by atoms with van der Waals surface area (Å²) in [4.78, 5) is 1.39. The van der Waals surface area contributed by atoms with Crippen molar-refractivity contribution >= 4 is 17.4 Å². The Balaban J connectivity index is 2.74. The molecule has 54 valence electrons. The highest BCUT2D eigenvalue weighted by molar-refractivity contribution is 7.11. The first kappa shape index (κ1) is 7.55. The lowest BCUT2D eigenvalue weighted by molar-refractivity contribution is 1.23. The van der Waals surface area contributed by atoms with E-state index in [1.54, 1.807) is 11.3 Å². The average molecular weight is 152 g/mol. The van der Waals surface area contributed by atoms with Crippen LogP contribution in [0.3, 0.4) is 0 Å². The summed E-state index contributed by atoms with van der Waals surface area (Å²) in [5.74, 6) is 0. The van der Waals surface area contributed by atoms with Gasteiger partial charge in [-0.1, -0.05) is 13.0 Å². The van der Waals surface area contributed by atoms with Crippen molar-refractivity contribution in [3.8, 4) is 0 Å². The molecule has 0 nitrogen and oxygen atoms in total. The molecule has 0 radical (unpaired) electrons. The fourth-order valence-electron chi connectivity index (χ4n) is 0.780. The third-order valence-electron chi connectivity index (χ3n) is 1.41. The minimum atomic E-state index is 1.12. The van der Waals surface area contributed by atoms with E-state index in [0.717, 1.165) is 6.42 Å². The molecule has 0 aliphatic heterocycles. The fraction of sp³-hybridized carbons (Fsp3) is 0.333. The quantitative estimate of drug-likeness (QED) is 0.608. The maximum absolute atomic E-state index is 2.19. The Hall–Kier alpha value is -0.560. The molecule has 1 heteroatoms. The summed E-state index contributed by atoms with van der Waals surface area (Å²) in [6, 6.07) is 2.15. The molecule has 0 aliphatic carbocycles. The predicted molar refractivity (Wildman–Crippen MR) is 48.4 cm³/mol. The lowest BCUT2D eigenvalue weighted by Gasteiger charge is -1.86. The third-order valence-corrected chi connectivity index (χ3v) is 2.39. The van der Waals surface area contributed by atoms with Crippen LogP contribution in [-0.2, 0) is 0 Å². The second-order valence-electron chi connectivity index (χ2n) is 2.28. The lowest BCUT2D eigenvalue weighted by Crippen LogP contribution is -1.65. The van der Waals surface area contributed by atoms with Crippen LogP contribution in [0.15, 0.2) is 17.5 Å². The van der Waals surface area contributed by atoms with Crippen LogP contribution in [0.2, 0.25) is 0 Å². The molecule has 0 aromatic carbocycles. The van der Waals surface area contributed by atoms with Gasteiger partial charge in [0.15, 0.2) is 0 Å². The number of hydrogen-bond donors (Lipinski definition) is 0. The Morgan fingerprint density at radius 1 is 1.60 bits per heavy atom. The number of allylic oxidation sites excluding steroid dienone is 1. The van der Waals surface area contributed by atoms with Gasteiger partial charge in [0.25, 0.3) is 0 Å². The van der Waals surface area contributed by atoms with E-state index < -0.39 is 0 Å². The minimum absolute atomic E-state index is 1.12. The summed E-state index contributed by atoms with van der Waals surface area (Å²) in [7, 11) is 0. The van der Waals surface area contributed by atoms with E-state index in [4.69, 9.17) is 0 Å². The van der Waals surface area contributed by atoms with Gasteiger partial charge in [-0.05, 0) is 36.4 Å². The van der Waals surface area contributed by atoms with Gasteiger partial charge in [-0.2, -0.15) is 0 Å². The van der Waals surface area contributed by atoms with E-state index in [0.29, 0.717) is 0 Å². The molecule has 0 N–H and O–H groups in total. The molecule has 0 saturated carbocycles. The molecule has 1 aromatic rings. The first-order chi connectivity index (χ1) is 4.84. The lowest BCUT2D eigenvalue weighted by atomic mass is 10.2. The van der Waals surface area contributed by atoms with Gasteiger partial charge in [-0.25, -0.2) is 0 Å². The Kier molecular flexibility index (Phi) is 2.69. The van der Waals surface area contributed by atoms with E-state index in [1.807, 2.05) is 0 Å². The SMILES string of the molecule is CC/C=C/c1sccc1C. The van der Waals surface area contributed by atoms with E-state index in [9.17, 15) is 0 Å². The highest BCUT2D eigenvalue weighted by atomic mass is 32.1. The van der Waals surface area contributed by atoms with Crippen molar-refractivity contribution < 1.29 is 0 Å². The van der Waals surface area contributed by atoms with Gasteiger partial charge in [0.1, 0.15) is 0 Å². The number of aryl methyl sites for hydroxylation is 1. The van der Waals surface area contributed by atoms with E-state index in [2.05, 4.69) is 37.4 Å². The van der Waals surface area contributed by atoms with Crippen molar-refractivity contribution in [2.75, 3.05) is 0 Å². The van der Waals surface area contributed by atoms with Gasteiger partial charge >= 0.3 is 0 Å². The molecule has 1 aromatic heterocycles. The van der Waals surface area contributed by atoms with Crippen molar-refractivity contribution in [2.45, 2.75) is 20.3 Å². The van der Waals surface area contributed by atoms with Crippen LogP contribution in [0, 0.1) is 6.92 Å². The van der Waals surface area contributed by atoms with Crippen molar-refractivity contribution in [3.05, 3.63) is 28.0 Å². The molecule has 0 fully saturated rings. The van der Waals surface area contributed by atoms with Crippen LogP contribution in [0.25, 0.3) is 6.08 Å². The minimum Gasteiger partial charge on any atom is -0.144 e. The highest BCUT2D eigenvalue weighted by Gasteiger charge is 1.91. The molecule has 0 spiro atoms. The fourth-order valence-corrected chi connectivity index (χ4v) is 1.63. The summed E-state index contributed by atoms with van der Waals surface area (Å²) in [6.07, 6.45) is 5.51. The Labute approximate surface area is 66.2 Å². The maximum Gasteiger partial charge on any atom is 0.0296 e. The van der Waals surface area contributed by atoms with Crippen LogP contribution in [0.4, 0.5) is 0 Å². The van der Waals surface area contributed by atoms with Gasteiger partial charge < -0.3 is 0 Å². The smallest absolute Gasteiger partial charge is 0.0296 e.